The summed E-state index contributed by atoms with van der Waals surface area (Å²) < 4.78 is 1.16. The second kappa shape index (κ2) is 5.45. The van der Waals surface area contributed by atoms with Crippen LogP contribution in [0.3, 0.4) is 0 Å². The molecule has 1 N–H and O–H groups in total. The van der Waals surface area contributed by atoms with Gasteiger partial charge in [-0.3, -0.25) is 0 Å². The van der Waals surface area contributed by atoms with Gasteiger partial charge in [0.05, 0.1) is 0 Å². The summed E-state index contributed by atoms with van der Waals surface area (Å²) in [6.07, 6.45) is 6.67. The molecule has 1 saturated carbocycles. The second-order valence-electron chi connectivity index (χ2n) is 6.03. The number of piperazine rings is 1. The molecule has 1 heterocycles. The second-order valence-corrected chi connectivity index (χ2v) is 6.95. The van der Waals surface area contributed by atoms with Gasteiger partial charge < -0.3 is 10.2 Å². The van der Waals surface area contributed by atoms with Gasteiger partial charge in [0.2, 0.25) is 0 Å². The third kappa shape index (κ3) is 2.68. The molecule has 104 valence electrons. The van der Waals surface area contributed by atoms with Crippen LogP contribution in [-0.4, -0.2) is 24.7 Å². The lowest BCUT2D eigenvalue weighted by atomic mass is 9.91. The third-order valence-corrected chi connectivity index (χ3v) is 5.35. The molecule has 2 aliphatic rings. The molecule has 1 unspecified atom stereocenters. The highest BCUT2D eigenvalue weighted by atomic mass is 79.9. The average Bonchev–Trinajstić information content (AvgIpc) is 2.88. The van der Waals surface area contributed by atoms with Crippen molar-refractivity contribution < 1.29 is 0 Å². The molecule has 1 aromatic carbocycles. The standard InChI is InChI=1S/C16H23BrN2/c1-2-14-11-18-16(9-3-4-10-16)12-19(14)15-7-5-13(17)6-8-15/h5-8,14,18H,2-4,9-12H2,1H3. The number of hydrogen-bond donors (Lipinski definition) is 1. The van der Waals surface area contributed by atoms with Crippen LogP contribution < -0.4 is 10.2 Å². The minimum absolute atomic E-state index is 0.388. The first kappa shape index (κ1) is 13.4. The number of anilines is 1. The number of rotatable bonds is 2. The summed E-state index contributed by atoms with van der Waals surface area (Å²) in [4.78, 5) is 2.63. The Bertz CT molecular complexity index is 423. The van der Waals surface area contributed by atoms with Gasteiger partial charge in [0.25, 0.3) is 0 Å². The van der Waals surface area contributed by atoms with Gasteiger partial charge in [-0.15, -0.1) is 0 Å². The zero-order chi connectivity index (χ0) is 13.3. The van der Waals surface area contributed by atoms with Gasteiger partial charge in [-0.1, -0.05) is 35.7 Å². The van der Waals surface area contributed by atoms with E-state index >= 15 is 0 Å². The number of halogens is 1. The van der Waals surface area contributed by atoms with Crippen LogP contribution in [0.15, 0.2) is 28.7 Å². The maximum absolute atomic E-state index is 3.86. The summed E-state index contributed by atoms with van der Waals surface area (Å²) in [7, 11) is 0. The maximum atomic E-state index is 3.86. The van der Waals surface area contributed by atoms with E-state index in [9.17, 15) is 0 Å². The van der Waals surface area contributed by atoms with E-state index in [0.29, 0.717) is 11.6 Å². The first-order chi connectivity index (χ1) is 9.22. The molecule has 1 aliphatic carbocycles. The minimum atomic E-state index is 0.388. The van der Waals surface area contributed by atoms with E-state index < -0.39 is 0 Å². The van der Waals surface area contributed by atoms with Gasteiger partial charge in [-0.05, 0) is 43.5 Å². The van der Waals surface area contributed by atoms with Crippen LogP contribution in [0.25, 0.3) is 0 Å². The molecule has 1 atom stereocenters. The topological polar surface area (TPSA) is 15.3 Å². The summed E-state index contributed by atoms with van der Waals surface area (Å²) in [5.41, 5.74) is 1.77. The van der Waals surface area contributed by atoms with E-state index in [2.05, 4.69) is 57.3 Å². The van der Waals surface area contributed by atoms with Crippen molar-refractivity contribution in [3.8, 4) is 0 Å². The van der Waals surface area contributed by atoms with E-state index in [0.717, 1.165) is 11.0 Å². The average molecular weight is 323 g/mol. The fourth-order valence-corrected chi connectivity index (χ4v) is 3.91. The van der Waals surface area contributed by atoms with Crippen molar-refractivity contribution in [3.05, 3.63) is 28.7 Å². The molecule has 0 bridgehead atoms. The largest absolute Gasteiger partial charge is 0.365 e. The highest BCUT2D eigenvalue weighted by molar-refractivity contribution is 9.10. The SMILES string of the molecule is CCC1CNC2(CCCC2)CN1c1ccc(Br)cc1. The lowest BCUT2D eigenvalue weighted by molar-refractivity contribution is 0.267. The van der Waals surface area contributed by atoms with Crippen LogP contribution in [0.4, 0.5) is 5.69 Å². The molecular formula is C16H23BrN2. The van der Waals surface area contributed by atoms with Crippen LogP contribution in [-0.2, 0) is 0 Å². The zero-order valence-corrected chi connectivity index (χ0v) is 13.2. The van der Waals surface area contributed by atoms with Crippen molar-refractivity contribution in [1.82, 2.24) is 5.32 Å². The number of hydrogen-bond acceptors (Lipinski definition) is 2. The predicted octanol–water partition coefficient (Wildman–Crippen LogP) is 3.95. The predicted molar refractivity (Wildman–Crippen MR) is 84.8 cm³/mol. The molecule has 1 saturated heterocycles. The smallest absolute Gasteiger partial charge is 0.0412 e. The Labute approximate surface area is 124 Å². The quantitative estimate of drug-likeness (QED) is 0.886. The summed E-state index contributed by atoms with van der Waals surface area (Å²) in [5, 5.41) is 3.86. The molecule has 3 rings (SSSR count). The van der Waals surface area contributed by atoms with Gasteiger partial charge in [0, 0.05) is 34.8 Å². The van der Waals surface area contributed by atoms with E-state index in [4.69, 9.17) is 0 Å². The van der Waals surface area contributed by atoms with E-state index in [-0.39, 0.29) is 0 Å². The molecule has 1 aromatic rings. The summed E-state index contributed by atoms with van der Waals surface area (Å²) in [5.74, 6) is 0. The highest BCUT2D eigenvalue weighted by Crippen LogP contribution is 2.35. The molecule has 19 heavy (non-hydrogen) atoms. The summed E-state index contributed by atoms with van der Waals surface area (Å²) >= 11 is 3.53. The van der Waals surface area contributed by atoms with Crippen LogP contribution >= 0.6 is 15.9 Å². The Morgan fingerprint density at radius 1 is 1.26 bits per heavy atom. The lowest BCUT2D eigenvalue weighted by Crippen LogP contribution is -2.63. The van der Waals surface area contributed by atoms with Crippen LogP contribution in [0.1, 0.15) is 39.0 Å². The van der Waals surface area contributed by atoms with E-state index in [1.165, 1.54) is 44.3 Å². The fourth-order valence-electron chi connectivity index (χ4n) is 3.64. The van der Waals surface area contributed by atoms with Crippen LogP contribution in [0.2, 0.25) is 0 Å². The molecule has 1 aliphatic heterocycles. The van der Waals surface area contributed by atoms with Crippen LogP contribution in [0.5, 0.6) is 0 Å². The van der Waals surface area contributed by atoms with Crippen LogP contribution in [0, 0.1) is 0 Å². The zero-order valence-electron chi connectivity index (χ0n) is 11.7. The number of nitrogens with zero attached hydrogens (tertiary/aromatic N) is 1. The van der Waals surface area contributed by atoms with Crippen molar-refractivity contribution in [2.45, 2.75) is 50.6 Å². The molecule has 0 amide bonds. The number of nitrogens with one attached hydrogen (secondary N) is 1. The third-order valence-electron chi connectivity index (χ3n) is 4.82. The van der Waals surface area contributed by atoms with Gasteiger partial charge in [-0.25, -0.2) is 0 Å². The Morgan fingerprint density at radius 3 is 2.58 bits per heavy atom. The first-order valence-electron chi connectivity index (χ1n) is 7.50. The minimum Gasteiger partial charge on any atom is -0.365 e. The van der Waals surface area contributed by atoms with Gasteiger partial charge >= 0.3 is 0 Å². The molecular weight excluding hydrogens is 300 g/mol. The van der Waals surface area contributed by atoms with Gasteiger partial charge in [0.1, 0.15) is 0 Å². The van der Waals surface area contributed by atoms with Crippen molar-refractivity contribution in [1.29, 1.82) is 0 Å². The van der Waals surface area contributed by atoms with Crippen molar-refractivity contribution in [3.63, 3.8) is 0 Å². The fraction of sp³-hybridized carbons (Fsp3) is 0.625. The molecule has 2 fully saturated rings. The Balaban J connectivity index is 1.84. The Kier molecular flexibility index (Phi) is 3.86. The molecule has 0 radical (unpaired) electrons. The first-order valence-corrected chi connectivity index (χ1v) is 8.29. The summed E-state index contributed by atoms with van der Waals surface area (Å²) in [6, 6.07) is 9.45. The Hall–Kier alpha value is -0.540. The van der Waals surface area contributed by atoms with Gasteiger partial charge in [-0.2, -0.15) is 0 Å². The molecule has 0 aromatic heterocycles. The van der Waals surface area contributed by atoms with E-state index in [1.54, 1.807) is 0 Å². The normalized spacial score (nSPS) is 26.0. The maximum Gasteiger partial charge on any atom is 0.0412 e. The monoisotopic (exact) mass is 322 g/mol. The Morgan fingerprint density at radius 2 is 1.95 bits per heavy atom. The molecule has 2 nitrogen and oxygen atoms in total. The summed E-state index contributed by atoms with van der Waals surface area (Å²) in [6.45, 7) is 4.60. The molecule has 1 spiro atoms. The molecule has 3 heteroatoms. The van der Waals surface area contributed by atoms with Crippen molar-refractivity contribution in [2.75, 3.05) is 18.0 Å². The van der Waals surface area contributed by atoms with Crippen molar-refractivity contribution in [2.24, 2.45) is 0 Å². The van der Waals surface area contributed by atoms with Crippen molar-refractivity contribution >= 4 is 21.6 Å². The highest BCUT2D eigenvalue weighted by Gasteiger charge is 2.40. The van der Waals surface area contributed by atoms with Gasteiger partial charge in [0.15, 0.2) is 0 Å². The number of benzene rings is 1. The lowest BCUT2D eigenvalue weighted by Gasteiger charge is -2.47. The van der Waals surface area contributed by atoms with E-state index in [1.807, 2.05) is 0 Å².